The summed E-state index contributed by atoms with van der Waals surface area (Å²) < 4.78 is 4.52. The standard InChI is InChI=1S/C12H12N2O4/c1-3-9-8(7-13)4-5-11(14(16)17)10(9)6-12(15)18-2/h4-5H,3,6H2,1-2H3. The third-order valence-corrected chi connectivity index (χ3v) is 2.63. The SMILES string of the molecule is CCc1c(C#N)ccc([N+](=O)[O-])c1CC(=O)OC. The van der Waals surface area contributed by atoms with E-state index in [-0.39, 0.29) is 17.7 Å². The molecule has 0 spiro atoms. The molecule has 6 nitrogen and oxygen atoms in total. The Morgan fingerprint density at radius 2 is 2.17 bits per heavy atom. The smallest absolute Gasteiger partial charge is 0.310 e. The van der Waals surface area contributed by atoms with Crippen LogP contribution in [0.15, 0.2) is 12.1 Å². The van der Waals surface area contributed by atoms with Gasteiger partial charge in [0, 0.05) is 11.6 Å². The van der Waals surface area contributed by atoms with Gasteiger partial charge in [-0.15, -0.1) is 0 Å². The highest BCUT2D eigenvalue weighted by atomic mass is 16.6. The molecular weight excluding hydrogens is 236 g/mol. The highest BCUT2D eigenvalue weighted by Gasteiger charge is 2.22. The fraction of sp³-hybridized carbons (Fsp3) is 0.333. The van der Waals surface area contributed by atoms with E-state index < -0.39 is 10.9 Å². The molecule has 0 heterocycles. The average molecular weight is 248 g/mol. The van der Waals surface area contributed by atoms with Crippen LogP contribution in [0.25, 0.3) is 0 Å². The number of carbonyl (C=O) groups is 1. The van der Waals surface area contributed by atoms with Gasteiger partial charge in [0.15, 0.2) is 0 Å². The van der Waals surface area contributed by atoms with E-state index in [2.05, 4.69) is 4.74 Å². The number of hydrogen-bond donors (Lipinski definition) is 0. The van der Waals surface area contributed by atoms with E-state index >= 15 is 0 Å². The monoisotopic (exact) mass is 248 g/mol. The van der Waals surface area contributed by atoms with Crippen molar-refractivity contribution in [1.29, 1.82) is 5.26 Å². The highest BCUT2D eigenvalue weighted by molar-refractivity contribution is 5.75. The molecule has 0 saturated carbocycles. The average Bonchev–Trinajstić information content (AvgIpc) is 2.37. The second-order valence-electron chi connectivity index (χ2n) is 3.56. The van der Waals surface area contributed by atoms with Gasteiger partial charge in [-0.3, -0.25) is 14.9 Å². The summed E-state index contributed by atoms with van der Waals surface area (Å²) in [6.07, 6.45) is 0.238. The zero-order valence-electron chi connectivity index (χ0n) is 10.1. The van der Waals surface area contributed by atoms with Crippen LogP contribution in [0.5, 0.6) is 0 Å². The van der Waals surface area contributed by atoms with Crippen LogP contribution in [0, 0.1) is 21.4 Å². The van der Waals surface area contributed by atoms with E-state index in [0.717, 1.165) is 0 Å². The second kappa shape index (κ2) is 5.77. The minimum absolute atomic E-state index is 0.156. The molecule has 0 radical (unpaired) electrons. The summed E-state index contributed by atoms with van der Waals surface area (Å²) in [5.41, 5.74) is 0.976. The molecule has 0 fully saturated rings. The summed E-state index contributed by atoms with van der Waals surface area (Å²) in [6.45, 7) is 1.78. The topological polar surface area (TPSA) is 93.2 Å². The molecule has 0 aliphatic rings. The van der Waals surface area contributed by atoms with Crippen LogP contribution in [0.1, 0.15) is 23.6 Å². The summed E-state index contributed by atoms with van der Waals surface area (Å²) >= 11 is 0. The van der Waals surface area contributed by atoms with Gasteiger partial charge in [-0.1, -0.05) is 6.92 Å². The van der Waals surface area contributed by atoms with E-state index in [0.29, 0.717) is 17.5 Å². The normalized spacial score (nSPS) is 9.61. The minimum Gasteiger partial charge on any atom is -0.469 e. The maximum atomic E-state index is 11.3. The van der Waals surface area contributed by atoms with Crippen molar-refractivity contribution in [3.05, 3.63) is 38.9 Å². The van der Waals surface area contributed by atoms with Gasteiger partial charge < -0.3 is 4.74 Å². The number of esters is 1. The molecule has 0 aliphatic carbocycles. The molecule has 0 bridgehead atoms. The summed E-state index contributed by atoms with van der Waals surface area (Å²) in [4.78, 5) is 21.7. The number of benzene rings is 1. The van der Waals surface area contributed by atoms with Gasteiger partial charge in [0.1, 0.15) is 0 Å². The lowest BCUT2D eigenvalue weighted by Crippen LogP contribution is -2.10. The maximum absolute atomic E-state index is 11.3. The van der Waals surface area contributed by atoms with E-state index in [9.17, 15) is 14.9 Å². The molecule has 0 atom stereocenters. The lowest BCUT2D eigenvalue weighted by molar-refractivity contribution is -0.385. The molecule has 0 amide bonds. The van der Waals surface area contributed by atoms with E-state index in [1.165, 1.54) is 19.2 Å². The summed E-state index contributed by atoms with van der Waals surface area (Å²) in [5.74, 6) is -0.567. The molecule has 0 aliphatic heterocycles. The lowest BCUT2D eigenvalue weighted by atomic mass is 9.95. The number of methoxy groups -OCH3 is 1. The first-order chi connectivity index (χ1) is 8.54. The van der Waals surface area contributed by atoms with Crippen molar-refractivity contribution in [3.8, 4) is 6.07 Å². The first-order valence-electron chi connectivity index (χ1n) is 5.31. The van der Waals surface area contributed by atoms with Crippen molar-refractivity contribution in [1.82, 2.24) is 0 Å². The van der Waals surface area contributed by atoms with Crippen molar-refractivity contribution >= 4 is 11.7 Å². The van der Waals surface area contributed by atoms with E-state index in [4.69, 9.17) is 5.26 Å². The molecule has 94 valence electrons. The number of ether oxygens (including phenoxy) is 1. The van der Waals surface area contributed by atoms with Crippen LogP contribution in [0.4, 0.5) is 5.69 Å². The third-order valence-electron chi connectivity index (χ3n) is 2.63. The number of rotatable bonds is 4. The van der Waals surface area contributed by atoms with E-state index in [1.807, 2.05) is 6.07 Å². The Bertz CT molecular complexity index is 532. The quantitative estimate of drug-likeness (QED) is 0.459. The molecule has 1 aromatic rings. The molecule has 0 saturated heterocycles. The number of hydrogen-bond acceptors (Lipinski definition) is 5. The summed E-state index contributed by atoms with van der Waals surface area (Å²) in [7, 11) is 1.22. The number of nitro groups is 1. The van der Waals surface area contributed by atoms with Crippen LogP contribution < -0.4 is 0 Å². The Hall–Kier alpha value is -2.42. The Balaban J connectivity index is 3.44. The molecule has 0 unspecified atom stereocenters. The summed E-state index contributed by atoms with van der Waals surface area (Å²) in [6, 6.07) is 4.62. The first-order valence-corrected chi connectivity index (χ1v) is 5.31. The number of nitro benzene ring substituents is 1. The Morgan fingerprint density at radius 1 is 1.50 bits per heavy atom. The molecule has 0 aromatic heterocycles. The van der Waals surface area contributed by atoms with Gasteiger partial charge in [0.05, 0.1) is 30.1 Å². The van der Waals surface area contributed by atoms with Crippen LogP contribution in [0.3, 0.4) is 0 Å². The van der Waals surface area contributed by atoms with Gasteiger partial charge in [-0.05, 0) is 18.1 Å². The first kappa shape index (κ1) is 13.6. The van der Waals surface area contributed by atoms with Crippen LogP contribution in [0.2, 0.25) is 0 Å². The second-order valence-corrected chi connectivity index (χ2v) is 3.56. The summed E-state index contributed by atoms with van der Waals surface area (Å²) in [5, 5.41) is 19.9. The molecule has 1 rings (SSSR count). The largest absolute Gasteiger partial charge is 0.469 e. The van der Waals surface area contributed by atoms with Crippen molar-refractivity contribution in [2.24, 2.45) is 0 Å². The van der Waals surface area contributed by atoms with Crippen molar-refractivity contribution in [3.63, 3.8) is 0 Å². The number of nitriles is 1. The molecule has 1 aromatic carbocycles. The fourth-order valence-corrected chi connectivity index (χ4v) is 1.77. The predicted octanol–water partition coefficient (Wildman–Crippen LogP) is 1.74. The predicted molar refractivity (Wildman–Crippen MR) is 62.9 cm³/mol. The molecule has 0 N–H and O–H groups in total. The van der Waals surface area contributed by atoms with Gasteiger partial charge in [0.2, 0.25) is 0 Å². The van der Waals surface area contributed by atoms with Crippen LogP contribution in [-0.2, 0) is 22.4 Å². The lowest BCUT2D eigenvalue weighted by Gasteiger charge is -2.09. The minimum atomic E-state index is -0.567. The molecule has 6 heteroatoms. The van der Waals surface area contributed by atoms with Crippen molar-refractivity contribution in [2.75, 3.05) is 7.11 Å². The van der Waals surface area contributed by atoms with Crippen LogP contribution >= 0.6 is 0 Å². The maximum Gasteiger partial charge on any atom is 0.310 e. The van der Waals surface area contributed by atoms with Gasteiger partial charge >= 0.3 is 5.97 Å². The zero-order chi connectivity index (χ0) is 13.7. The van der Waals surface area contributed by atoms with Crippen molar-refractivity contribution < 1.29 is 14.5 Å². The number of nitrogens with zero attached hydrogens (tertiary/aromatic N) is 2. The van der Waals surface area contributed by atoms with Gasteiger partial charge in [-0.2, -0.15) is 5.26 Å². The zero-order valence-corrected chi connectivity index (χ0v) is 10.1. The number of carbonyl (C=O) groups excluding carboxylic acids is 1. The van der Waals surface area contributed by atoms with Crippen molar-refractivity contribution in [2.45, 2.75) is 19.8 Å². The Labute approximate surface area is 104 Å². The molecule has 18 heavy (non-hydrogen) atoms. The van der Waals surface area contributed by atoms with Gasteiger partial charge in [0.25, 0.3) is 5.69 Å². The van der Waals surface area contributed by atoms with Gasteiger partial charge in [-0.25, -0.2) is 0 Å². The highest BCUT2D eigenvalue weighted by Crippen LogP contribution is 2.26. The fourth-order valence-electron chi connectivity index (χ4n) is 1.77. The van der Waals surface area contributed by atoms with Crippen LogP contribution in [-0.4, -0.2) is 18.0 Å². The Kier molecular flexibility index (Phi) is 4.38. The van der Waals surface area contributed by atoms with E-state index in [1.54, 1.807) is 6.92 Å². The Morgan fingerprint density at radius 3 is 2.61 bits per heavy atom. The third kappa shape index (κ3) is 2.63. The molecular formula is C12H12N2O4.